The van der Waals surface area contributed by atoms with Crippen LogP contribution < -0.4 is 10.6 Å². The van der Waals surface area contributed by atoms with Gasteiger partial charge in [0.05, 0.1) is 17.1 Å². The predicted octanol–water partition coefficient (Wildman–Crippen LogP) is -0.879. The molecule has 1 saturated heterocycles. The molecule has 1 amide bonds. The average molecular weight is 182 g/mol. The average Bonchev–Trinajstić information content (AvgIpc) is 2.31. The lowest BCUT2D eigenvalue weighted by atomic mass is 10.1. The minimum absolute atomic E-state index is 0.297. The van der Waals surface area contributed by atoms with Gasteiger partial charge in [-0.2, -0.15) is 0 Å². The molecule has 2 atom stereocenters. The van der Waals surface area contributed by atoms with Crippen molar-refractivity contribution in [2.24, 2.45) is 0 Å². The molecule has 1 aliphatic heterocycles. The van der Waals surface area contributed by atoms with E-state index in [1.165, 1.54) is 0 Å². The molecule has 0 spiro atoms. The quantitative estimate of drug-likeness (QED) is 0.331. The molecule has 1 fully saturated rings. The fourth-order valence-electron chi connectivity index (χ4n) is 1.09. The number of aldehydes is 1. The molecule has 1 heterocycles. The first-order valence-electron chi connectivity index (χ1n) is 3.45. The van der Waals surface area contributed by atoms with E-state index in [-0.39, 0.29) is 12.1 Å². The van der Waals surface area contributed by atoms with Gasteiger partial charge in [-0.1, -0.05) is 12.2 Å². The van der Waals surface area contributed by atoms with E-state index >= 15 is 0 Å². The molecule has 0 unspecified atom stereocenters. The van der Waals surface area contributed by atoms with E-state index in [2.05, 4.69) is 10.6 Å². The van der Waals surface area contributed by atoms with E-state index in [1.54, 1.807) is 0 Å². The highest BCUT2D eigenvalue weighted by Gasteiger charge is 2.28. The van der Waals surface area contributed by atoms with Crippen LogP contribution in [0.25, 0.3) is 0 Å². The third-order valence-corrected chi connectivity index (χ3v) is 2.02. The summed E-state index contributed by atoms with van der Waals surface area (Å²) in [7, 11) is 4.90. The lowest BCUT2D eigenvalue weighted by Crippen LogP contribution is -2.38. The third-order valence-electron chi connectivity index (χ3n) is 1.61. The van der Waals surface area contributed by atoms with Gasteiger partial charge in [0.25, 0.3) is 0 Å². The predicted molar refractivity (Wildman–Crippen MR) is 48.3 cm³/mol. The maximum absolute atomic E-state index is 10.4. The second kappa shape index (κ2) is 3.66. The Bertz CT molecular complexity index is 234. The van der Waals surface area contributed by atoms with Crippen LogP contribution >= 0.6 is 12.2 Å². The number of carbonyl (C=O) groups excluding carboxylic acids is 2. The number of amides is 1. The van der Waals surface area contributed by atoms with E-state index in [0.717, 1.165) is 6.29 Å². The fraction of sp³-hybridized carbons (Fsp3) is 0.500. The molecule has 12 heavy (non-hydrogen) atoms. The highest BCUT2D eigenvalue weighted by Crippen LogP contribution is 2.07. The summed E-state index contributed by atoms with van der Waals surface area (Å²) in [6.45, 7) is 0. The molecule has 4 nitrogen and oxygen atoms in total. The summed E-state index contributed by atoms with van der Waals surface area (Å²) < 4.78 is 0. The fourth-order valence-corrected chi connectivity index (χ4v) is 1.40. The van der Waals surface area contributed by atoms with Crippen molar-refractivity contribution < 1.29 is 9.59 Å². The molecule has 2 radical (unpaired) electrons. The maximum atomic E-state index is 10.4. The van der Waals surface area contributed by atoms with Gasteiger partial charge < -0.3 is 15.4 Å². The lowest BCUT2D eigenvalue weighted by molar-refractivity contribution is -0.109. The van der Waals surface area contributed by atoms with Crippen molar-refractivity contribution in [3.63, 3.8) is 0 Å². The Morgan fingerprint density at radius 2 is 2.50 bits per heavy atom. The molecule has 1 rings (SSSR count). The monoisotopic (exact) mass is 182 g/mol. The number of hydrogen-bond donors (Lipinski definition) is 2. The molecule has 2 N–H and O–H groups in total. The molecule has 0 aromatic heterocycles. The first kappa shape index (κ1) is 9.19. The summed E-state index contributed by atoms with van der Waals surface area (Å²) in [5, 5.41) is 5.18. The summed E-state index contributed by atoms with van der Waals surface area (Å²) in [6, 6.07) is -0.595. The van der Waals surface area contributed by atoms with E-state index in [9.17, 15) is 9.59 Å². The topological polar surface area (TPSA) is 58.2 Å². The molecule has 0 aliphatic carbocycles. The van der Waals surface area contributed by atoms with E-state index in [1.807, 2.05) is 0 Å². The summed E-state index contributed by atoms with van der Waals surface area (Å²) >= 11 is 4.86. The SMILES string of the molecule is [B]C(=O)N[C@@H]1C[C@@H](C=O)NC1=S. The standard InChI is InChI=1S/C6H7BN2O2S/c7-6(11)9-4-1-3(2-10)8-5(4)12/h2-4H,1H2,(H,8,12)(H,9,11)/t3-,4+/m0/s1. The Morgan fingerprint density at radius 3 is 2.92 bits per heavy atom. The third kappa shape index (κ3) is 2.04. The van der Waals surface area contributed by atoms with E-state index < -0.39 is 5.81 Å². The molecule has 6 heteroatoms. The molecule has 0 aromatic carbocycles. The van der Waals surface area contributed by atoms with Crippen molar-refractivity contribution in [1.82, 2.24) is 10.6 Å². The highest BCUT2D eigenvalue weighted by molar-refractivity contribution is 7.80. The maximum Gasteiger partial charge on any atom is 0.200 e. The lowest BCUT2D eigenvalue weighted by Gasteiger charge is -2.08. The van der Waals surface area contributed by atoms with Crippen molar-refractivity contribution in [2.45, 2.75) is 18.5 Å². The first-order chi connectivity index (χ1) is 5.63. The first-order valence-corrected chi connectivity index (χ1v) is 3.86. The minimum Gasteiger partial charge on any atom is -0.368 e. The van der Waals surface area contributed by atoms with Crippen LogP contribution in [0.4, 0.5) is 4.79 Å². The van der Waals surface area contributed by atoms with Crippen LogP contribution in [0.2, 0.25) is 0 Å². The van der Waals surface area contributed by atoms with Crippen LogP contribution in [0.1, 0.15) is 6.42 Å². The molecule has 0 saturated carbocycles. The number of thiocarbonyl (C=S) groups is 1. The summed E-state index contributed by atoms with van der Waals surface area (Å²) in [6.07, 6.45) is 1.24. The van der Waals surface area contributed by atoms with Gasteiger partial charge in [0.2, 0.25) is 7.85 Å². The number of nitrogens with one attached hydrogen (secondary N) is 2. The van der Waals surface area contributed by atoms with Crippen molar-refractivity contribution in [3.8, 4) is 0 Å². The van der Waals surface area contributed by atoms with Crippen molar-refractivity contribution in [3.05, 3.63) is 0 Å². The zero-order chi connectivity index (χ0) is 9.14. The molecular formula is C6H7BN2O2S. The van der Waals surface area contributed by atoms with Crippen LogP contribution in [0.15, 0.2) is 0 Å². The molecule has 62 valence electrons. The summed E-state index contributed by atoms with van der Waals surface area (Å²) in [5.74, 6) is -0.629. The second-order valence-electron chi connectivity index (χ2n) is 2.55. The summed E-state index contributed by atoms with van der Waals surface area (Å²) in [4.78, 5) is 21.2. The number of rotatable bonds is 2. The largest absolute Gasteiger partial charge is 0.368 e. The Labute approximate surface area is 76.5 Å². The smallest absolute Gasteiger partial charge is 0.200 e. The Hall–Kier alpha value is -0.905. The van der Waals surface area contributed by atoms with Gasteiger partial charge in [-0.25, -0.2) is 0 Å². The van der Waals surface area contributed by atoms with Crippen LogP contribution in [0, 0.1) is 0 Å². The van der Waals surface area contributed by atoms with Crippen molar-refractivity contribution in [2.75, 3.05) is 0 Å². The van der Waals surface area contributed by atoms with Gasteiger partial charge in [-0.05, 0) is 0 Å². The van der Waals surface area contributed by atoms with E-state index in [0.29, 0.717) is 11.4 Å². The Morgan fingerprint density at radius 1 is 1.83 bits per heavy atom. The number of carbonyl (C=O) groups is 2. The Balaban J connectivity index is 2.51. The van der Waals surface area contributed by atoms with Gasteiger partial charge >= 0.3 is 0 Å². The van der Waals surface area contributed by atoms with E-state index in [4.69, 9.17) is 20.1 Å². The molecule has 0 bridgehead atoms. The summed E-state index contributed by atoms with van der Waals surface area (Å²) in [5.41, 5.74) is 0. The second-order valence-corrected chi connectivity index (χ2v) is 2.99. The minimum atomic E-state index is -0.629. The zero-order valence-electron chi connectivity index (χ0n) is 6.24. The normalized spacial score (nSPS) is 27.8. The van der Waals surface area contributed by atoms with Gasteiger partial charge in [0, 0.05) is 6.42 Å². The van der Waals surface area contributed by atoms with Crippen LogP contribution in [0.5, 0.6) is 0 Å². The molecule has 0 aromatic rings. The van der Waals surface area contributed by atoms with Crippen molar-refractivity contribution in [1.29, 1.82) is 0 Å². The van der Waals surface area contributed by atoms with Gasteiger partial charge in [-0.3, -0.25) is 4.79 Å². The van der Waals surface area contributed by atoms with Crippen molar-refractivity contribution >= 4 is 37.1 Å². The van der Waals surface area contributed by atoms with Crippen LogP contribution in [0.3, 0.4) is 0 Å². The zero-order valence-corrected chi connectivity index (χ0v) is 7.06. The molecule has 1 aliphatic rings. The van der Waals surface area contributed by atoms with Gasteiger partial charge in [0.1, 0.15) is 6.29 Å². The Kier molecular flexibility index (Phi) is 2.81. The molecular weight excluding hydrogens is 175 g/mol. The number of hydrogen-bond acceptors (Lipinski definition) is 3. The van der Waals surface area contributed by atoms with Crippen LogP contribution in [-0.4, -0.2) is 37.0 Å². The highest BCUT2D eigenvalue weighted by atomic mass is 32.1. The van der Waals surface area contributed by atoms with Crippen LogP contribution in [-0.2, 0) is 4.79 Å². The van der Waals surface area contributed by atoms with Gasteiger partial charge in [-0.15, -0.1) is 0 Å². The van der Waals surface area contributed by atoms with Gasteiger partial charge in [0.15, 0.2) is 5.81 Å².